The molecule has 0 aliphatic heterocycles. The lowest BCUT2D eigenvalue weighted by Crippen LogP contribution is -2.06. The summed E-state index contributed by atoms with van der Waals surface area (Å²) in [6, 6.07) is 11.5. The number of aromatic hydroxyl groups is 1. The quantitative estimate of drug-likeness (QED) is 0.809. The van der Waals surface area contributed by atoms with Crippen molar-refractivity contribution in [2.75, 3.05) is 5.32 Å². The van der Waals surface area contributed by atoms with E-state index in [1.165, 1.54) is 0 Å². The molecule has 0 heterocycles. The van der Waals surface area contributed by atoms with Gasteiger partial charge in [0.2, 0.25) is 0 Å². The topological polar surface area (TPSA) is 41.5 Å². The number of phenolic OH excluding ortho intramolecular Hbond substituents is 1. The minimum atomic E-state index is 0.178. The molecular weight excluding hydrogens is 330 g/mol. The lowest BCUT2D eigenvalue weighted by atomic mass is 10.1. The van der Waals surface area contributed by atoms with Gasteiger partial charge >= 0.3 is 0 Å². The first-order valence-corrected chi connectivity index (χ1v) is 7.73. The molecule has 0 aliphatic carbocycles. The molecule has 0 saturated carbocycles. The number of hydrogen-bond acceptors (Lipinski definition) is 3. The molecule has 0 atom stereocenters. The third-order valence-corrected chi connectivity index (χ3v) is 3.70. The third kappa shape index (κ3) is 4.39. The summed E-state index contributed by atoms with van der Waals surface area (Å²) in [6.45, 7) is 6.79. The monoisotopic (exact) mass is 349 g/mol. The zero-order chi connectivity index (χ0) is 15.4. The highest BCUT2D eigenvalue weighted by Gasteiger charge is 2.04. The van der Waals surface area contributed by atoms with E-state index in [0.29, 0.717) is 11.0 Å². The van der Waals surface area contributed by atoms with E-state index in [9.17, 15) is 5.11 Å². The minimum absolute atomic E-state index is 0.178. The van der Waals surface area contributed by atoms with E-state index < -0.39 is 0 Å². The third-order valence-electron chi connectivity index (χ3n) is 3.06. The van der Waals surface area contributed by atoms with Gasteiger partial charge in [0, 0.05) is 12.2 Å². The zero-order valence-electron chi connectivity index (χ0n) is 12.5. The molecule has 0 aliphatic rings. The van der Waals surface area contributed by atoms with Gasteiger partial charge in [-0.25, -0.2) is 0 Å². The summed E-state index contributed by atoms with van der Waals surface area (Å²) in [4.78, 5) is 0. The summed E-state index contributed by atoms with van der Waals surface area (Å²) in [5.74, 6) is 1.14. The Morgan fingerprint density at radius 3 is 2.57 bits per heavy atom. The zero-order valence-corrected chi connectivity index (χ0v) is 14.1. The molecule has 0 saturated heterocycles. The highest BCUT2D eigenvalue weighted by atomic mass is 79.9. The Balaban J connectivity index is 2.04. The van der Waals surface area contributed by atoms with Crippen molar-refractivity contribution >= 4 is 21.6 Å². The van der Waals surface area contributed by atoms with Gasteiger partial charge in [0.15, 0.2) is 0 Å². The normalized spacial score (nSPS) is 10.7. The lowest BCUT2D eigenvalue weighted by Gasteiger charge is -2.14. The number of phenols is 1. The Hall–Kier alpha value is -1.68. The second kappa shape index (κ2) is 6.85. The number of rotatable bonds is 5. The predicted molar refractivity (Wildman–Crippen MR) is 90.1 cm³/mol. The average molecular weight is 350 g/mol. The Morgan fingerprint density at radius 2 is 1.95 bits per heavy atom. The van der Waals surface area contributed by atoms with Crippen LogP contribution in [0.2, 0.25) is 0 Å². The Kier molecular flexibility index (Phi) is 5.12. The summed E-state index contributed by atoms with van der Waals surface area (Å²) < 4.78 is 6.39. The van der Waals surface area contributed by atoms with E-state index in [-0.39, 0.29) is 11.9 Å². The fraction of sp³-hybridized carbons (Fsp3) is 0.294. The van der Waals surface area contributed by atoms with Crippen LogP contribution < -0.4 is 10.1 Å². The van der Waals surface area contributed by atoms with Crippen LogP contribution in [0.3, 0.4) is 0 Å². The van der Waals surface area contributed by atoms with E-state index in [1.807, 2.05) is 44.2 Å². The number of hydrogen-bond donors (Lipinski definition) is 2. The molecule has 0 unspecified atom stereocenters. The molecule has 0 bridgehead atoms. The van der Waals surface area contributed by atoms with E-state index in [1.54, 1.807) is 6.07 Å². The summed E-state index contributed by atoms with van der Waals surface area (Å²) in [5.41, 5.74) is 3.32. The molecule has 2 aromatic carbocycles. The van der Waals surface area contributed by atoms with Crippen molar-refractivity contribution in [2.45, 2.75) is 33.4 Å². The standard InChI is InChI=1S/C17H20BrNO2/c1-11(2)21-14-5-6-16(12(3)8-14)19-10-13-4-7-17(20)15(18)9-13/h4-9,11,19-20H,10H2,1-3H3. The minimum Gasteiger partial charge on any atom is -0.507 e. The van der Waals surface area contributed by atoms with Gasteiger partial charge in [0.25, 0.3) is 0 Å². The highest BCUT2D eigenvalue weighted by molar-refractivity contribution is 9.10. The van der Waals surface area contributed by atoms with Crippen molar-refractivity contribution in [1.29, 1.82) is 0 Å². The van der Waals surface area contributed by atoms with Gasteiger partial charge in [-0.05, 0) is 78.2 Å². The molecule has 2 rings (SSSR count). The summed E-state index contributed by atoms with van der Waals surface area (Å²) >= 11 is 3.32. The van der Waals surface area contributed by atoms with Gasteiger partial charge < -0.3 is 15.2 Å². The van der Waals surface area contributed by atoms with E-state index in [0.717, 1.165) is 22.6 Å². The molecule has 0 amide bonds. The van der Waals surface area contributed by atoms with Crippen LogP contribution >= 0.6 is 15.9 Å². The van der Waals surface area contributed by atoms with Crippen LogP contribution in [0.4, 0.5) is 5.69 Å². The first kappa shape index (κ1) is 15.7. The number of nitrogens with one attached hydrogen (secondary N) is 1. The van der Waals surface area contributed by atoms with E-state index in [2.05, 4.69) is 28.2 Å². The van der Waals surface area contributed by atoms with Crippen molar-refractivity contribution in [3.05, 3.63) is 52.0 Å². The van der Waals surface area contributed by atoms with Gasteiger partial charge in [0.1, 0.15) is 11.5 Å². The smallest absolute Gasteiger partial charge is 0.129 e. The Labute approximate surface area is 134 Å². The molecule has 0 radical (unpaired) electrons. The first-order chi connectivity index (χ1) is 9.95. The van der Waals surface area contributed by atoms with Crippen molar-refractivity contribution < 1.29 is 9.84 Å². The summed E-state index contributed by atoms with van der Waals surface area (Å²) in [5, 5.41) is 12.9. The molecule has 2 aromatic rings. The van der Waals surface area contributed by atoms with E-state index in [4.69, 9.17) is 4.74 Å². The molecule has 4 heteroatoms. The maximum Gasteiger partial charge on any atom is 0.129 e. The lowest BCUT2D eigenvalue weighted by molar-refractivity contribution is 0.242. The molecule has 0 spiro atoms. The van der Waals surface area contributed by atoms with Crippen molar-refractivity contribution in [3.63, 3.8) is 0 Å². The van der Waals surface area contributed by atoms with Crippen LogP contribution in [0, 0.1) is 6.92 Å². The Bertz CT molecular complexity index is 626. The summed E-state index contributed by atoms with van der Waals surface area (Å²) in [7, 11) is 0. The second-order valence-electron chi connectivity index (χ2n) is 5.28. The molecule has 0 aromatic heterocycles. The van der Waals surface area contributed by atoms with Gasteiger partial charge in [-0.15, -0.1) is 0 Å². The average Bonchev–Trinajstić information content (AvgIpc) is 2.41. The van der Waals surface area contributed by atoms with Crippen LogP contribution in [-0.4, -0.2) is 11.2 Å². The first-order valence-electron chi connectivity index (χ1n) is 6.94. The van der Waals surface area contributed by atoms with Gasteiger partial charge in [0.05, 0.1) is 10.6 Å². The number of ether oxygens (including phenoxy) is 1. The number of halogens is 1. The van der Waals surface area contributed by atoms with Crippen molar-refractivity contribution in [2.24, 2.45) is 0 Å². The van der Waals surface area contributed by atoms with Crippen LogP contribution in [0.5, 0.6) is 11.5 Å². The molecule has 3 nitrogen and oxygen atoms in total. The van der Waals surface area contributed by atoms with Crippen molar-refractivity contribution in [1.82, 2.24) is 0 Å². The predicted octanol–water partition coefficient (Wildman–Crippen LogP) is 4.86. The Morgan fingerprint density at radius 1 is 1.19 bits per heavy atom. The van der Waals surface area contributed by atoms with Crippen molar-refractivity contribution in [3.8, 4) is 11.5 Å². The van der Waals surface area contributed by atoms with Crippen LogP contribution in [0.25, 0.3) is 0 Å². The van der Waals surface area contributed by atoms with Gasteiger partial charge in [-0.2, -0.15) is 0 Å². The number of benzene rings is 2. The molecule has 2 N–H and O–H groups in total. The van der Waals surface area contributed by atoms with Crippen LogP contribution in [-0.2, 0) is 6.54 Å². The maximum atomic E-state index is 9.49. The summed E-state index contributed by atoms with van der Waals surface area (Å²) in [6.07, 6.45) is 0.178. The fourth-order valence-electron chi connectivity index (χ4n) is 2.04. The fourth-order valence-corrected chi connectivity index (χ4v) is 2.46. The highest BCUT2D eigenvalue weighted by Crippen LogP contribution is 2.26. The van der Waals surface area contributed by atoms with Crippen LogP contribution in [0.15, 0.2) is 40.9 Å². The SMILES string of the molecule is Cc1cc(OC(C)C)ccc1NCc1ccc(O)c(Br)c1. The molecule has 0 fully saturated rings. The second-order valence-corrected chi connectivity index (χ2v) is 6.14. The molecular formula is C17H20BrNO2. The number of aryl methyl sites for hydroxylation is 1. The van der Waals surface area contributed by atoms with E-state index >= 15 is 0 Å². The number of anilines is 1. The molecule has 112 valence electrons. The maximum absolute atomic E-state index is 9.49. The van der Waals surface area contributed by atoms with Gasteiger partial charge in [-0.3, -0.25) is 0 Å². The van der Waals surface area contributed by atoms with Gasteiger partial charge in [-0.1, -0.05) is 6.07 Å². The molecule has 21 heavy (non-hydrogen) atoms. The van der Waals surface area contributed by atoms with Crippen LogP contribution in [0.1, 0.15) is 25.0 Å². The largest absolute Gasteiger partial charge is 0.507 e.